The highest BCUT2D eigenvalue weighted by Gasteiger charge is 2.30. The Labute approximate surface area is 161 Å². The van der Waals surface area contributed by atoms with Crippen LogP contribution >= 0.6 is 11.8 Å². The molecule has 1 aliphatic heterocycles. The lowest BCUT2D eigenvalue weighted by Crippen LogP contribution is -2.36. The highest BCUT2D eigenvalue weighted by molar-refractivity contribution is 7.99. The van der Waals surface area contributed by atoms with E-state index >= 15 is 0 Å². The van der Waals surface area contributed by atoms with Crippen molar-refractivity contribution in [1.82, 2.24) is 10.2 Å². The van der Waals surface area contributed by atoms with Gasteiger partial charge in [0.1, 0.15) is 5.75 Å². The van der Waals surface area contributed by atoms with Crippen LogP contribution in [0.1, 0.15) is 12.5 Å². The van der Waals surface area contributed by atoms with Crippen LogP contribution in [0.2, 0.25) is 0 Å². The number of anilines is 1. The SMILES string of the molecule is COc1cccc(-c2nnc(SCC(=O)N3c4ccccc4C[C@@H]3C)o2)c1. The Balaban J connectivity index is 1.44. The third kappa shape index (κ3) is 3.55. The lowest BCUT2D eigenvalue weighted by Gasteiger charge is -2.22. The van der Waals surface area contributed by atoms with Crippen molar-refractivity contribution < 1.29 is 13.9 Å². The standard InChI is InChI=1S/C20H19N3O3S/c1-13-10-14-6-3-4-9-17(14)23(13)18(24)12-27-20-22-21-19(26-20)15-7-5-8-16(11-15)25-2/h3-9,11,13H,10,12H2,1-2H3/t13-/m0/s1. The van der Waals surface area contributed by atoms with Gasteiger partial charge in [-0.1, -0.05) is 36.0 Å². The molecule has 1 aliphatic rings. The fourth-order valence-corrected chi connectivity index (χ4v) is 3.90. The maximum atomic E-state index is 12.8. The average Bonchev–Trinajstić information content (AvgIpc) is 3.30. The second kappa shape index (κ2) is 7.44. The maximum absolute atomic E-state index is 12.8. The fraction of sp³-hybridized carbons (Fsp3) is 0.250. The quantitative estimate of drug-likeness (QED) is 0.626. The molecule has 27 heavy (non-hydrogen) atoms. The number of nitrogens with zero attached hydrogens (tertiary/aromatic N) is 3. The molecular formula is C20H19N3O3S. The van der Waals surface area contributed by atoms with Crippen LogP contribution in [0, 0.1) is 0 Å². The highest BCUT2D eigenvalue weighted by Crippen LogP contribution is 2.33. The van der Waals surface area contributed by atoms with E-state index in [2.05, 4.69) is 23.2 Å². The van der Waals surface area contributed by atoms with Crippen molar-refractivity contribution >= 4 is 23.4 Å². The summed E-state index contributed by atoms with van der Waals surface area (Å²) in [5, 5.41) is 8.49. The molecule has 4 rings (SSSR count). The van der Waals surface area contributed by atoms with Crippen molar-refractivity contribution in [3.05, 3.63) is 54.1 Å². The topological polar surface area (TPSA) is 68.5 Å². The first-order chi connectivity index (χ1) is 13.2. The summed E-state index contributed by atoms with van der Waals surface area (Å²) in [6, 6.07) is 15.6. The number of carbonyl (C=O) groups excluding carboxylic acids is 1. The molecule has 0 saturated carbocycles. The number of hydrogen-bond acceptors (Lipinski definition) is 6. The molecule has 1 aromatic heterocycles. The Hall–Kier alpha value is -2.80. The smallest absolute Gasteiger partial charge is 0.277 e. The van der Waals surface area contributed by atoms with Gasteiger partial charge < -0.3 is 14.1 Å². The summed E-state index contributed by atoms with van der Waals surface area (Å²) in [5.74, 6) is 1.41. The van der Waals surface area contributed by atoms with E-state index in [1.807, 2.05) is 47.4 Å². The molecule has 2 heterocycles. The summed E-state index contributed by atoms with van der Waals surface area (Å²) in [5.41, 5.74) is 2.99. The number of hydrogen-bond donors (Lipinski definition) is 0. The zero-order valence-electron chi connectivity index (χ0n) is 15.1. The number of methoxy groups -OCH3 is 1. The van der Waals surface area contributed by atoms with Crippen molar-refractivity contribution in [1.29, 1.82) is 0 Å². The van der Waals surface area contributed by atoms with E-state index in [9.17, 15) is 4.79 Å². The first kappa shape index (κ1) is 17.6. The zero-order chi connectivity index (χ0) is 18.8. The van der Waals surface area contributed by atoms with E-state index in [0.717, 1.165) is 23.4 Å². The van der Waals surface area contributed by atoms with Crippen LogP contribution in [0.15, 0.2) is 58.2 Å². The first-order valence-electron chi connectivity index (χ1n) is 8.66. The molecule has 0 bridgehead atoms. The lowest BCUT2D eigenvalue weighted by atomic mass is 10.1. The maximum Gasteiger partial charge on any atom is 0.277 e. The van der Waals surface area contributed by atoms with Gasteiger partial charge in [0.15, 0.2) is 0 Å². The van der Waals surface area contributed by atoms with Gasteiger partial charge in [-0.15, -0.1) is 10.2 Å². The van der Waals surface area contributed by atoms with Crippen LogP contribution in [-0.2, 0) is 11.2 Å². The van der Waals surface area contributed by atoms with E-state index in [1.54, 1.807) is 7.11 Å². The lowest BCUT2D eigenvalue weighted by molar-refractivity contribution is -0.116. The summed E-state index contributed by atoms with van der Waals surface area (Å²) in [6.07, 6.45) is 0.882. The van der Waals surface area contributed by atoms with Gasteiger partial charge in [0, 0.05) is 17.3 Å². The fourth-order valence-electron chi connectivity index (χ4n) is 3.28. The highest BCUT2D eigenvalue weighted by atomic mass is 32.2. The molecule has 6 nitrogen and oxygen atoms in total. The van der Waals surface area contributed by atoms with E-state index in [1.165, 1.54) is 17.3 Å². The zero-order valence-corrected chi connectivity index (χ0v) is 15.9. The number of carbonyl (C=O) groups is 1. The van der Waals surface area contributed by atoms with Gasteiger partial charge in [0.2, 0.25) is 11.8 Å². The third-order valence-electron chi connectivity index (χ3n) is 4.52. The monoisotopic (exact) mass is 381 g/mol. The Morgan fingerprint density at radius 1 is 1.26 bits per heavy atom. The molecule has 0 aliphatic carbocycles. The number of benzene rings is 2. The van der Waals surface area contributed by atoms with Gasteiger partial charge in [0.05, 0.1) is 12.9 Å². The molecule has 138 valence electrons. The molecule has 0 unspecified atom stereocenters. The predicted octanol–water partition coefficient (Wildman–Crippen LogP) is 3.82. The molecule has 2 aromatic carbocycles. The van der Waals surface area contributed by atoms with Gasteiger partial charge in [0.25, 0.3) is 5.22 Å². The molecule has 3 aromatic rings. The van der Waals surface area contributed by atoms with Crippen molar-refractivity contribution in [2.24, 2.45) is 0 Å². The Morgan fingerprint density at radius 3 is 2.96 bits per heavy atom. The number of fused-ring (bicyclic) bond motifs is 1. The van der Waals surface area contributed by atoms with Gasteiger partial charge in [-0.25, -0.2) is 0 Å². The minimum absolute atomic E-state index is 0.0404. The Bertz CT molecular complexity index is 972. The first-order valence-corrected chi connectivity index (χ1v) is 9.65. The Morgan fingerprint density at radius 2 is 2.11 bits per heavy atom. The van der Waals surface area contributed by atoms with Crippen molar-refractivity contribution in [3.63, 3.8) is 0 Å². The average molecular weight is 381 g/mol. The molecule has 0 radical (unpaired) electrons. The second-order valence-corrected chi connectivity index (χ2v) is 7.27. The number of rotatable bonds is 5. The third-order valence-corrected chi connectivity index (χ3v) is 5.32. The van der Waals surface area contributed by atoms with Crippen LogP contribution in [0.3, 0.4) is 0 Å². The van der Waals surface area contributed by atoms with Crippen molar-refractivity contribution in [2.75, 3.05) is 17.8 Å². The summed E-state index contributed by atoms with van der Waals surface area (Å²) >= 11 is 1.25. The summed E-state index contributed by atoms with van der Waals surface area (Å²) in [6.45, 7) is 2.07. The summed E-state index contributed by atoms with van der Waals surface area (Å²) < 4.78 is 10.9. The minimum atomic E-state index is 0.0404. The number of ether oxygens (including phenoxy) is 1. The van der Waals surface area contributed by atoms with Crippen LogP contribution < -0.4 is 9.64 Å². The molecule has 7 heteroatoms. The molecule has 0 saturated heterocycles. The second-order valence-electron chi connectivity index (χ2n) is 6.34. The number of para-hydroxylation sites is 1. The van der Waals surface area contributed by atoms with Crippen LogP contribution in [0.4, 0.5) is 5.69 Å². The van der Waals surface area contributed by atoms with Crippen LogP contribution in [0.25, 0.3) is 11.5 Å². The molecule has 0 spiro atoms. The predicted molar refractivity (Wildman–Crippen MR) is 104 cm³/mol. The number of amides is 1. The van der Waals surface area contributed by atoms with Crippen LogP contribution in [0.5, 0.6) is 5.75 Å². The number of thioether (sulfide) groups is 1. The van der Waals surface area contributed by atoms with E-state index < -0.39 is 0 Å². The van der Waals surface area contributed by atoms with Gasteiger partial charge in [-0.2, -0.15) is 0 Å². The minimum Gasteiger partial charge on any atom is -0.497 e. The van der Waals surface area contributed by atoms with Crippen LogP contribution in [-0.4, -0.2) is 35.0 Å². The van der Waals surface area contributed by atoms with Gasteiger partial charge in [-0.05, 0) is 43.2 Å². The van der Waals surface area contributed by atoms with E-state index in [0.29, 0.717) is 11.1 Å². The molecule has 0 N–H and O–H groups in total. The molecule has 1 amide bonds. The molecule has 0 fully saturated rings. The summed E-state index contributed by atoms with van der Waals surface area (Å²) in [4.78, 5) is 14.6. The van der Waals surface area contributed by atoms with Gasteiger partial charge >= 0.3 is 0 Å². The van der Waals surface area contributed by atoms with Crippen molar-refractivity contribution in [3.8, 4) is 17.2 Å². The number of aromatic nitrogens is 2. The largest absolute Gasteiger partial charge is 0.497 e. The summed E-state index contributed by atoms with van der Waals surface area (Å²) in [7, 11) is 1.61. The van der Waals surface area contributed by atoms with E-state index in [-0.39, 0.29) is 17.7 Å². The molecular weight excluding hydrogens is 362 g/mol. The Kier molecular flexibility index (Phi) is 4.85. The normalized spacial score (nSPS) is 15.6. The van der Waals surface area contributed by atoms with Gasteiger partial charge in [-0.3, -0.25) is 4.79 Å². The van der Waals surface area contributed by atoms with E-state index in [4.69, 9.17) is 9.15 Å². The van der Waals surface area contributed by atoms with Crippen molar-refractivity contribution in [2.45, 2.75) is 24.6 Å². The molecule has 1 atom stereocenters.